The zero-order chi connectivity index (χ0) is 21.1. The first-order valence-electron chi connectivity index (χ1n) is 8.89. The van der Waals surface area contributed by atoms with Crippen molar-refractivity contribution in [1.82, 2.24) is 9.88 Å². The number of aryl methyl sites for hydroxylation is 2. The van der Waals surface area contributed by atoms with E-state index in [0.29, 0.717) is 33.2 Å². The minimum Gasteiger partial charge on any atom is -0.383 e. The quantitative estimate of drug-likeness (QED) is 0.486. The van der Waals surface area contributed by atoms with Crippen molar-refractivity contribution in [1.29, 1.82) is 0 Å². The van der Waals surface area contributed by atoms with Crippen LogP contribution < -0.4 is 4.90 Å². The molecule has 6 nitrogen and oxygen atoms in total. The van der Waals surface area contributed by atoms with Crippen LogP contribution in [0.3, 0.4) is 0 Å². The maximum absolute atomic E-state index is 12.6. The summed E-state index contributed by atoms with van der Waals surface area (Å²) in [6.45, 7) is 6.39. The Morgan fingerprint density at radius 2 is 2.10 bits per heavy atom. The van der Waals surface area contributed by atoms with Crippen LogP contribution in [-0.4, -0.2) is 46.3 Å². The van der Waals surface area contributed by atoms with E-state index >= 15 is 0 Å². The van der Waals surface area contributed by atoms with Crippen LogP contribution in [0.15, 0.2) is 28.5 Å². The number of hydrogen-bond donors (Lipinski definition) is 0. The van der Waals surface area contributed by atoms with Crippen LogP contribution in [0.4, 0.5) is 10.8 Å². The van der Waals surface area contributed by atoms with E-state index in [9.17, 15) is 9.59 Å². The highest BCUT2D eigenvalue weighted by Crippen LogP contribution is 2.34. The summed E-state index contributed by atoms with van der Waals surface area (Å²) >= 11 is 7.89. The first-order chi connectivity index (χ1) is 13.8. The third-order valence-corrected chi connectivity index (χ3v) is 6.66. The van der Waals surface area contributed by atoms with Gasteiger partial charge in [-0.15, -0.1) is 11.3 Å². The van der Waals surface area contributed by atoms with Crippen LogP contribution in [0.2, 0.25) is 0 Å². The topological polar surface area (TPSA) is 62.7 Å². The van der Waals surface area contributed by atoms with Crippen molar-refractivity contribution in [3.8, 4) is 0 Å². The summed E-state index contributed by atoms with van der Waals surface area (Å²) in [6, 6.07) is 5.87. The fourth-order valence-electron chi connectivity index (χ4n) is 2.75. The Balaban J connectivity index is 1.86. The van der Waals surface area contributed by atoms with Gasteiger partial charge >= 0.3 is 0 Å². The Hall–Kier alpha value is -2.07. The molecule has 0 N–H and O–H groups in total. The zero-order valence-corrected chi connectivity index (χ0v) is 19.0. The van der Waals surface area contributed by atoms with Crippen molar-refractivity contribution < 1.29 is 14.3 Å². The second kappa shape index (κ2) is 9.17. The predicted octanol–water partition coefficient (Wildman–Crippen LogP) is 4.29. The zero-order valence-electron chi connectivity index (χ0n) is 16.6. The molecule has 1 aliphatic heterocycles. The molecule has 2 amide bonds. The molecule has 0 spiro atoms. The summed E-state index contributed by atoms with van der Waals surface area (Å²) in [5.41, 5.74) is 3.65. The normalized spacial score (nSPS) is 15.4. The number of methoxy groups -OCH3 is 1. The summed E-state index contributed by atoms with van der Waals surface area (Å²) in [6.07, 6.45) is 1.71. The van der Waals surface area contributed by atoms with Gasteiger partial charge in [0, 0.05) is 19.4 Å². The van der Waals surface area contributed by atoms with E-state index in [1.807, 2.05) is 37.4 Å². The molecule has 0 radical (unpaired) electrons. The third-order valence-electron chi connectivity index (χ3n) is 4.44. The molecular weight excluding hydrogens is 426 g/mol. The molecule has 29 heavy (non-hydrogen) atoms. The van der Waals surface area contributed by atoms with Crippen molar-refractivity contribution in [2.75, 3.05) is 25.2 Å². The van der Waals surface area contributed by atoms with Crippen molar-refractivity contribution in [3.63, 3.8) is 0 Å². The van der Waals surface area contributed by atoms with Gasteiger partial charge in [-0.1, -0.05) is 30.0 Å². The summed E-state index contributed by atoms with van der Waals surface area (Å²) in [5.74, 6) is -0.274. The highest BCUT2D eigenvalue weighted by atomic mass is 32.2. The minimum atomic E-state index is -0.149. The first-order valence-corrected chi connectivity index (χ1v) is 11.0. The minimum absolute atomic E-state index is 0.125. The van der Waals surface area contributed by atoms with Gasteiger partial charge in [-0.25, -0.2) is 4.98 Å². The molecule has 2 aromatic rings. The van der Waals surface area contributed by atoms with Gasteiger partial charge in [0.15, 0.2) is 5.13 Å². The van der Waals surface area contributed by atoms with Crippen LogP contribution in [0.25, 0.3) is 6.08 Å². The van der Waals surface area contributed by atoms with Gasteiger partial charge in [0.2, 0.25) is 5.91 Å². The third kappa shape index (κ3) is 4.75. The van der Waals surface area contributed by atoms with Gasteiger partial charge in [0.05, 0.1) is 29.4 Å². The molecule has 9 heteroatoms. The number of carbonyl (C=O) groups is 2. The van der Waals surface area contributed by atoms with Crippen LogP contribution in [0, 0.1) is 13.8 Å². The fourth-order valence-corrected chi connectivity index (χ4v) is 4.88. The molecule has 2 heterocycles. The van der Waals surface area contributed by atoms with Crippen molar-refractivity contribution in [3.05, 3.63) is 45.3 Å². The molecule has 152 valence electrons. The molecule has 0 bridgehead atoms. The molecule has 0 unspecified atom stereocenters. The Labute approximate surface area is 183 Å². The number of rotatable bonds is 6. The average Bonchev–Trinajstić information content (AvgIpc) is 3.21. The highest BCUT2D eigenvalue weighted by Gasteiger charge is 2.32. The maximum Gasteiger partial charge on any atom is 0.266 e. The molecule has 1 aromatic heterocycles. The van der Waals surface area contributed by atoms with Crippen LogP contribution in [-0.2, 0) is 14.3 Å². The van der Waals surface area contributed by atoms with E-state index < -0.39 is 0 Å². The van der Waals surface area contributed by atoms with E-state index in [0.717, 1.165) is 16.8 Å². The summed E-state index contributed by atoms with van der Waals surface area (Å²) in [5, 5.41) is 2.38. The molecule has 1 saturated heterocycles. The van der Waals surface area contributed by atoms with Gasteiger partial charge < -0.3 is 4.74 Å². The lowest BCUT2D eigenvalue weighted by atomic mass is 10.1. The van der Waals surface area contributed by atoms with E-state index in [-0.39, 0.29) is 11.8 Å². The molecular formula is C20H21N3O3S3. The number of carbonyl (C=O) groups excluding carboxylic acids is 2. The van der Waals surface area contributed by atoms with E-state index in [1.54, 1.807) is 18.1 Å². The van der Waals surface area contributed by atoms with Crippen LogP contribution in [0.1, 0.15) is 23.7 Å². The smallest absolute Gasteiger partial charge is 0.266 e. The Kier molecular flexibility index (Phi) is 6.84. The van der Waals surface area contributed by atoms with Gasteiger partial charge in [-0.2, -0.15) is 0 Å². The van der Waals surface area contributed by atoms with Crippen molar-refractivity contribution >= 4 is 68.3 Å². The van der Waals surface area contributed by atoms with Gasteiger partial charge in [0.25, 0.3) is 5.91 Å². The number of nitrogens with zero attached hydrogens (tertiary/aromatic N) is 3. The molecule has 3 rings (SSSR count). The largest absolute Gasteiger partial charge is 0.383 e. The number of ether oxygens (including phenoxy) is 1. The summed E-state index contributed by atoms with van der Waals surface area (Å²) in [7, 11) is 1.58. The fraction of sp³-hybridized carbons (Fsp3) is 0.300. The van der Waals surface area contributed by atoms with Crippen LogP contribution >= 0.6 is 35.3 Å². The second-order valence-electron chi connectivity index (χ2n) is 6.50. The number of amides is 2. The molecule has 1 fully saturated rings. The van der Waals surface area contributed by atoms with Crippen molar-refractivity contribution in [2.24, 2.45) is 0 Å². The van der Waals surface area contributed by atoms with E-state index in [1.165, 1.54) is 34.9 Å². The van der Waals surface area contributed by atoms with E-state index in [4.69, 9.17) is 17.0 Å². The summed E-state index contributed by atoms with van der Waals surface area (Å²) in [4.78, 5) is 33.1. The number of thiocarbonyl (C=S) groups is 1. The van der Waals surface area contributed by atoms with Gasteiger partial charge in [-0.05, 0) is 43.2 Å². The van der Waals surface area contributed by atoms with Crippen LogP contribution in [0.5, 0.6) is 0 Å². The van der Waals surface area contributed by atoms with E-state index in [2.05, 4.69) is 4.98 Å². The number of hydrogen-bond acceptors (Lipinski definition) is 7. The predicted molar refractivity (Wildman–Crippen MR) is 123 cm³/mol. The standard InChI is InChI=1S/C20H21N3O3S3/c1-12-5-6-16(9-13(12)2)23(14(3)24)19-21-15(11-28-19)10-17-18(25)22(7-8-26-4)20(27)29-17/h5-6,9-11H,7-8H2,1-4H3. The number of anilines is 2. The van der Waals surface area contributed by atoms with Gasteiger partial charge in [-0.3, -0.25) is 19.4 Å². The number of thiazole rings is 1. The Morgan fingerprint density at radius 1 is 1.34 bits per heavy atom. The molecule has 0 aliphatic carbocycles. The highest BCUT2D eigenvalue weighted by molar-refractivity contribution is 8.26. The van der Waals surface area contributed by atoms with Crippen molar-refractivity contribution in [2.45, 2.75) is 20.8 Å². The Bertz CT molecular complexity index is 1000. The monoisotopic (exact) mass is 447 g/mol. The Morgan fingerprint density at radius 3 is 2.76 bits per heavy atom. The molecule has 1 aliphatic rings. The molecule has 1 aromatic carbocycles. The molecule has 0 atom stereocenters. The lowest BCUT2D eigenvalue weighted by Crippen LogP contribution is -2.31. The first kappa shape index (κ1) is 21.6. The lowest BCUT2D eigenvalue weighted by Gasteiger charge is -2.19. The second-order valence-corrected chi connectivity index (χ2v) is 9.02. The summed E-state index contributed by atoms with van der Waals surface area (Å²) < 4.78 is 5.54. The molecule has 0 saturated carbocycles. The number of aromatic nitrogens is 1. The lowest BCUT2D eigenvalue weighted by molar-refractivity contribution is -0.122. The maximum atomic E-state index is 12.6. The SMILES string of the molecule is COCCN1C(=O)C(=Cc2csc(N(C(C)=O)c3ccc(C)c(C)c3)n2)SC1=S. The number of benzene rings is 1. The average molecular weight is 448 g/mol. The van der Waals surface area contributed by atoms with Gasteiger partial charge in [0.1, 0.15) is 4.32 Å². The number of thioether (sulfide) groups is 1.